The first-order valence-electron chi connectivity index (χ1n) is 8.11. The molecule has 0 aliphatic heterocycles. The third kappa shape index (κ3) is 5.80. The van der Waals surface area contributed by atoms with E-state index in [1.165, 1.54) is 12.8 Å². The van der Waals surface area contributed by atoms with Crippen LogP contribution in [-0.2, 0) is 4.79 Å². The molecule has 1 atom stereocenters. The second-order valence-corrected chi connectivity index (χ2v) is 6.79. The van der Waals surface area contributed by atoms with Crippen LogP contribution in [0.5, 0.6) is 0 Å². The molecule has 1 rings (SSSR count). The molecule has 0 heterocycles. The minimum atomic E-state index is -0.775. The number of nitrogens with zero attached hydrogens (tertiary/aromatic N) is 1. The van der Waals surface area contributed by atoms with E-state index in [2.05, 4.69) is 31.0 Å². The first kappa shape index (κ1) is 17.4. The zero-order chi connectivity index (χ0) is 15.2. The zero-order valence-electron chi connectivity index (χ0n) is 13.6. The Labute approximate surface area is 123 Å². The molecule has 1 saturated carbocycles. The van der Waals surface area contributed by atoms with Crippen LogP contribution in [0.2, 0.25) is 0 Å². The Morgan fingerprint density at radius 3 is 2.55 bits per heavy atom. The predicted octanol–water partition coefficient (Wildman–Crippen LogP) is 2.73. The summed E-state index contributed by atoms with van der Waals surface area (Å²) >= 11 is 0. The van der Waals surface area contributed by atoms with Gasteiger partial charge in [-0.3, -0.25) is 4.79 Å². The van der Waals surface area contributed by atoms with Gasteiger partial charge in [-0.15, -0.1) is 0 Å². The third-order valence-electron chi connectivity index (χ3n) is 4.02. The second kappa shape index (κ2) is 7.99. The zero-order valence-corrected chi connectivity index (χ0v) is 13.6. The van der Waals surface area contributed by atoms with E-state index in [-0.39, 0.29) is 0 Å². The average Bonchev–Trinajstić information content (AvgIpc) is 3.18. The van der Waals surface area contributed by atoms with Gasteiger partial charge in [-0.1, -0.05) is 20.8 Å². The molecule has 0 spiro atoms. The number of carboxylic acid groups (broad SMARTS) is 1. The van der Waals surface area contributed by atoms with Crippen molar-refractivity contribution in [2.45, 2.75) is 71.4 Å². The molecule has 1 unspecified atom stereocenters. The molecule has 4 heteroatoms. The number of rotatable bonds is 11. The van der Waals surface area contributed by atoms with Gasteiger partial charge >= 0.3 is 5.97 Å². The number of aliphatic carboxylic acids is 1. The average molecular weight is 284 g/mol. The van der Waals surface area contributed by atoms with Gasteiger partial charge in [0.2, 0.25) is 0 Å². The summed E-state index contributed by atoms with van der Waals surface area (Å²) in [6, 6.07) is 0.761. The molecular weight excluding hydrogens is 252 g/mol. The van der Waals surface area contributed by atoms with Gasteiger partial charge in [-0.05, 0) is 58.0 Å². The number of hydrogen-bond donors (Lipinski definition) is 2. The summed E-state index contributed by atoms with van der Waals surface area (Å²) < 4.78 is 0. The highest BCUT2D eigenvalue weighted by Gasteiger charge is 2.33. The van der Waals surface area contributed by atoms with Gasteiger partial charge in [0.25, 0.3) is 0 Å². The topological polar surface area (TPSA) is 52.6 Å². The predicted molar refractivity (Wildman–Crippen MR) is 83.0 cm³/mol. The van der Waals surface area contributed by atoms with E-state index in [1.807, 2.05) is 6.92 Å². The fourth-order valence-electron chi connectivity index (χ4n) is 2.64. The van der Waals surface area contributed by atoms with E-state index in [0.29, 0.717) is 12.3 Å². The number of nitrogens with one attached hydrogen (secondary N) is 1. The standard InChI is InChI=1S/C16H32N2O2/c1-5-10-17-16(4,15(19)20)9-6-11-18(12-13(2)3)14-7-8-14/h13-14,17H,5-12H2,1-4H3,(H,19,20). The highest BCUT2D eigenvalue weighted by molar-refractivity contribution is 5.78. The molecule has 1 aliphatic rings. The van der Waals surface area contributed by atoms with E-state index in [0.717, 1.165) is 38.5 Å². The number of hydrogen-bond acceptors (Lipinski definition) is 3. The van der Waals surface area contributed by atoms with Crippen molar-refractivity contribution in [1.82, 2.24) is 10.2 Å². The molecule has 0 bridgehead atoms. The van der Waals surface area contributed by atoms with Crippen LogP contribution in [0.3, 0.4) is 0 Å². The van der Waals surface area contributed by atoms with Crippen LogP contribution in [0.4, 0.5) is 0 Å². The molecule has 2 N–H and O–H groups in total. The van der Waals surface area contributed by atoms with Gasteiger partial charge in [0.05, 0.1) is 0 Å². The van der Waals surface area contributed by atoms with E-state index < -0.39 is 11.5 Å². The van der Waals surface area contributed by atoms with Gasteiger partial charge in [0.1, 0.15) is 5.54 Å². The van der Waals surface area contributed by atoms with Crippen LogP contribution in [-0.4, -0.2) is 47.2 Å². The first-order chi connectivity index (χ1) is 9.39. The fraction of sp³-hybridized carbons (Fsp3) is 0.938. The molecule has 0 aromatic heterocycles. The molecule has 1 aliphatic carbocycles. The molecule has 118 valence electrons. The Morgan fingerprint density at radius 1 is 1.45 bits per heavy atom. The lowest BCUT2D eigenvalue weighted by molar-refractivity contribution is -0.144. The Kier molecular flexibility index (Phi) is 6.96. The molecule has 0 aromatic carbocycles. The summed E-state index contributed by atoms with van der Waals surface area (Å²) in [6.07, 6.45) is 5.24. The molecule has 0 radical (unpaired) electrons. The van der Waals surface area contributed by atoms with Gasteiger partial charge in [0.15, 0.2) is 0 Å². The summed E-state index contributed by atoms with van der Waals surface area (Å²) in [5, 5.41) is 12.6. The number of carbonyl (C=O) groups is 1. The highest BCUT2D eigenvalue weighted by atomic mass is 16.4. The van der Waals surface area contributed by atoms with Gasteiger partial charge < -0.3 is 15.3 Å². The van der Waals surface area contributed by atoms with Crippen molar-refractivity contribution in [1.29, 1.82) is 0 Å². The molecule has 0 amide bonds. The van der Waals surface area contributed by atoms with Crippen LogP contribution in [0.1, 0.15) is 59.8 Å². The van der Waals surface area contributed by atoms with E-state index >= 15 is 0 Å². The van der Waals surface area contributed by atoms with Crippen molar-refractivity contribution in [3.05, 3.63) is 0 Å². The summed E-state index contributed by atoms with van der Waals surface area (Å²) in [6.45, 7) is 11.3. The normalized spacial score (nSPS) is 18.5. The van der Waals surface area contributed by atoms with Crippen molar-refractivity contribution in [3.63, 3.8) is 0 Å². The highest BCUT2D eigenvalue weighted by Crippen LogP contribution is 2.28. The Balaban J connectivity index is 2.40. The largest absolute Gasteiger partial charge is 0.480 e. The minimum absolute atomic E-state index is 0.680. The first-order valence-corrected chi connectivity index (χ1v) is 8.11. The summed E-state index contributed by atoms with van der Waals surface area (Å²) in [7, 11) is 0. The summed E-state index contributed by atoms with van der Waals surface area (Å²) in [5.74, 6) is -0.0487. The maximum atomic E-state index is 11.5. The van der Waals surface area contributed by atoms with Gasteiger partial charge in [0, 0.05) is 12.6 Å². The Bertz CT molecular complexity index is 303. The van der Waals surface area contributed by atoms with Crippen molar-refractivity contribution in [3.8, 4) is 0 Å². The van der Waals surface area contributed by atoms with Crippen LogP contribution in [0.15, 0.2) is 0 Å². The van der Waals surface area contributed by atoms with Crippen molar-refractivity contribution >= 4 is 5.97 Å². The monoisotopic (exact) mass is 284 g/mol. The van der Waals surface area contributed by atoms with Crippen molar-refractivity contribution in [2.75, 3.05) is 19.6 Å². The number of carboxylic acids is 1. The van der Waals surface area contributed by atoms with E-state index in [1.54, 1.807) is 0 Å². The lowest BCUT2D eigenvalue weighted by Crippen LogP contribution is -2.50. The smallest absolute Gasteiger partial charge is 0.323 e. The van der Waals surface area contributed by atoms with Gasteiger partial charge in [-0.2, -0.15) is 0 Å². The van der Waals surface area contributed by atoms with Crippen LogP contribution in [0, 0.1) is 5.92 Å². The van der Waals surface area contributed by atoms with E-state index in [4.69, 9.17) is 0 Å². The van der Waals surface area contributed by atoms with Gasteiger partial charge in [-0.25, -0.2) is 0 Å². The van der Waals surface area contributed by atoms with Crippen molar-refractivity contribution in [2.24, 2.45) is 5.92 Å². The summed E-state index contributed by atoms with van der Waals surface area (Å²) in [5.41, 5.74) is -0.775. The lowest BCUT2D eigenvalue weighted by Gasteiger charge is -2.29. The molecule has 20 heavy (non-hydrogen) atoms. The lowest BCUT2D eigenvalue weighted by atomic mass is 9.95. The maximum absolute atomic E-state index is 11.5. The maximum Gasteiger partial charge on any atom is 0.323 e. The van der Waals surface area contributed by atoms with E-state index in [9.17, 15) is 9.90 Å². The van der Waals surface area contributed by atoms with Crippen LogP contribution >= 0.6 is 0 Å². The molecule has 1 fully saturated rings. The molecule has 0 aromatic rings. The second-order valence-electron chi connectivity index (χ2n) is 6.79. The third-order valence-corrected chi connectivity index (χ3v) is 4.02. The SMILES string of the molecule is CCCNC(C)(CCCN(CC(C)C)C1CC1)C(=O)O. The summed E-state index contributed by atoms with van der Waals surface area (Å²) in [4.78, 5) is 14.0. The van der Waals surface area contributed by atoms with Crippen LogP contribution in [0.25, 0.3) is 0 Å². The van der Waals surface area contributed by atoms with Crippen LogP contribution < -0.4 is 5.32 Å². The van der Waals surface area contributed by atoms with Crippen molar-refractivity contribution < 1.29 is 9.90 Å². The molecule has 0 saturated heterocycles. The molecule has 4 nitrogen and oxygen atoms in total. The quantitative estimate of drug-likeness (QED) is 0.612. The molecular formula is C16H32N2O2. The Hall–Kier alpha value is -0.610. The fourth-order valence-corrected chi connectivity index (χ4v) is 2.64. The minimum Gasteiger partial charge on any atom is -0.480 e. The Morgan fingerprint density at radius 2 is 2.10 bits per heavy atom.